The number of rotatable bonds is 9. The monoisotopic (exact) mass is 505 g/mol. The van der Waals surface area contributed by atoms with E-state index in [9.17, 15) is 18.0 Å². The van der Waals surface area contributed by atoms with Crippen molar-refractivity contribution >= 4 is 27.5 Å². The number of aryl methyl sites for hydroxylation is 1. The third-order valence-corrected chi connectivity index (χ3v) is 7.80. The Morgan fingerprint density at radius 3 is 2.44 bits per heavy atom. The second kappa shape index (κ2) is 11.1. The summed E-state index contributed by atoms with van der Waals surface area (Å²) in [5.41, 5.74) is 4.64. The first-order valence-electron chi connectivity index (χ1n) is 12.0. The Bertz CT molecular complexity index is 1360. The molecule has 188 valence electrons. The molecule has 2 N–H and O–H groups in total. The number of hydrogen-bond donors (Lipinski definition) is 2. The van der Waals surface area contributed by atoms with Crippen LogP contribution in [0.1, 0.15) is 29.2 Å². The highest BCUT2D eigenvalue weighted by Crippen LogP contribution is 2.30. The number of hydrogen-bond acceptors (Lipinski definition) is 4. The average molecular weight is 506 g/mol. The molecule has 0 saturated carbocycles. The molecule has 8 heteroatoms. The van der Waals surface area contributed by atoms with Crippen LogP contribution >= 0.6 is 0 Å². The molecule has 3 aromatic carbocycles. The molecule has 0 saturated heterocycles. The van der Waals surface area contributed by atoms with Crippen molar-refractivity contribution in [3.63, 3.8) is 0 Å². The molecule has 3 aromatic rings. The first kappa shape index (κ1) is 25.6. The van der Waals surface area contributed by atoms with Gasteiger partial charge >= 0.3 is 0 Å². The highest BCUT2D eigenvalue weighted by atomic mass is 32.2. The fraction of sp³-hybridized carbons (Fsp3) is 0.286. The van der Waals surface area contributed by atoms with Crippen LogP contribution in [0.2, 0.25) is 0 Å². The molecule has 1 unspecified atom stereocenters. The first-order chi connectivity index (χ1) is 17.2. The number of carbonyl (C=O) groups excluding carboxylic acids is 2. The molecule has 0 aromatic heterocycles. The van der Waals surface area contributed by atoms with Crippen molar-refractivity contribution in [1.29, 1.82) is 0 Å². The molecular formula is C28H31N3O4S. The van der Waals surface area contributed by atoms with E-state index in [1.165, 1.54) is 13.0 Å². The Kier molecular flexibility index (Phi) is 7.86. The molecule has 1 heterocycles. The Labute approximate surface area is 212 Å². The topological polar surface area (TPSA) is 95.6 Å². The van der Waals surface area contributed by atoms with E-state index in [1.54, 1.807) is 17.0 Å². The molecule has 0 bridgehead atoms. The average Bonchev–Trinajstić information content (AvgIpc) is 3.28. The number of nitrogens with zero attached hydrogens (tertiary/aromatic N) is 1. The maximum Gasteiger partial charge on any atom is 0.241 e. The summed E-state index contributed by atoms with van der Waals surface area (Å²) in [5.74, 6) is -0.452. The number of benzene rings is 3. The zero-order chi connectivity index (χ0) is 25.7. The highest BCUT2D eigenvalue weighted by molar-refractivity contribution is 7.89. The summed E-state index contributed by atoms with van der Waals surface area (Å²) in [4.78, 5) is 26.7. The standard InChI is InChI=1S/C28H31N3O4S/c1-20-7-6-10-23(17-20)13-15-29-28(33)26(18-22-8-4-3-5-9-22)30-36(34,35)25-11-12-27-24(19-25)14-16-31(27)21(2)32/h3-12,17,19,26,30H,13-16,18H2,1-2H3,(H,29,33). The van der Waals surface area contributed by atoms with Crippen LogP contribution in [-0.2, 0) is 38.9 Å². The highest BCUT2D eigenvalue weighted by Gasteiger charge is 2.28. The Hall–Kier alpha value is -3.49. The van der Waals surface area contributed by atoms with Crippen LogP contribution in [0.4, 0.5) is 5.69 Å². The van der Waals surface area contributed by atoms with Gasteiger partial charge in [-0.15, -0.1) is 0 Å². The number of nitrogens with one attached hydrogen (secondary N) is 2. The number of fused-ring (bicyclic) bond motifs is 1. The van der Waals surface area contributed by atoms with Gasteiger partial charge in [-0.1, -0.05) is 60.2 Å². The van der Waals surface area contributed by atoms with E-state index in [0.717, 1.165) is 27.9 Å². The van der Waals surface area contributed by atoms with Crippen molar-refractivity contribution in [2.24, 2.45) is 0 Å². The van der Waals surface area contributed by atoms with Crippen LogP contribution in [0, 0.1) is 6.92 Å². The summed E-state index contributed by atoms with van der Waals surface area (Å²) < 4.78 is 29.2. The number of anilines is 1. The molecule has 2 amide bonds. The Morgan fingerprint density at radius 2 is 1.72 bits per heavy atom. The van der Waals surface area contributed by atoms with Crippen molar-refractivity contribution < 1.29 is 18.0 Å². The minimum Gasteiger partial charge on any atom is -0.354 e. The van der Waals surface area contributed by atoms with Crippen LogP contribution in [-0.4, -0.2) is 39.4 Å². The van der Waals surface area contributed by atoms with Gasteiger partial charge in [-0.25, -0.2) is 8.42 Å². The molecular weight excluding hydrogens is 474 g/mol. The summed E-state index contributed by atoms with van der Waals surface area (Å²) in [6.07, 6.45) is 1.46. The van der Waals surface area contributed by atoms with Crippen LogP contribution in [0.25, 0.3) is 0 Å². The maximum atomic E-state index is 13.3. The lowest BCUT2D eigenvalue weighted by Crippen LogP contribution is -2.48. The van der Waals surface area contributed by atoms with Crippen molar-refractivity contribution in [2.45, 2.75) is 44.0 Å². The fourth-order valence-electron chi connectivity index (χ4n) is 4.49. The van der Waals surface area contributed by atoms with Gasteiger partial charge in [0, 0.05) is 25.7 Å². The second-order valence-electron chi connectivity index (χ2n) is 9.10. The third-order valence-electron chi connectivity index (χ3n) is 6.33. The summed E-state index contributed by atoms with van der Waals surface area (Å²) in [6.45, 7) is 4.44. The zero-order valence-electron chi connectivity index (χ0n) is 20.5. The predicted molar refractivity (Wildman–Crippen MR) is 140 cm³/mol. The lowest BCUT2D eigenvalue weighted by atomic mass is 10.1. The quantitative estimate of drug-likeness (QED) is 0.467. The SMILES string of the molecule is CC(=O)N1CCc2cc(S(=O)(=O)NC(Cc3ccccc3)C(=O)NCCc3cccc(C)c3)ccc21. The molecule has 1 atom stereocenters. The van der Waals surface area contributed by atoms with Gasteiger partial charge in [0.1, 0.15) is 6.04 Å². The minimum atomic E-state index is -3.98. The largest absolute Gasteiger partial charge is 0.354 e. The Balaban J connectivity index is 1.50. The predicted octanol–water partition coefficient (Wildman–Crippen LogP) is 3.15. The van der Waals surface area contributed by atoms with E-state index >= 15 is 0 Å². The molecule has 1 aliphatic heterocycles. The molecule has 36 heavy (non-hydrogen) atoms. The van der Waals surface area contributed by atoms with Crippen molar-refractivity contribution in [3.8, 4) is 0 Å². The van der Waals surface area contributed by atoms with E-state index in [0.29, 0.717) is 25.9 Å². The number of sulfonamides is 1. The molecule has 0 spiro atoms. The lowest BCUT2D eigenvalue weighted by molar-refractivity contribution is -0.122. The summed E-state index contributed by atoms with van der Waals surface area (Å²) in [6, 6.07) is 21.2. The van der Waals surface area contributed by atoms with Crippen LogP contribution in [0.15, 0.2) is 77.7 Å². The summed E-state index contributed by atoms with van der Waals surface area (Å²) in [7, 11) is -3.98. The van der Waals surface area contributed by atoms with Gasteiger partial charge in [-0.3, -0.25) is 9.59 Å². The third kappa shape index (κ3) is 6.19. The van der Waals surface area contributed by atoms with Crippen LogP contribution < -0.4 is 14.9 Å². The molecule has 0 aliphatic carbocycles. The lowest BCUT2D eigenvalue weighted by Gasteiger charge is -2.20. The first-order valence-corrected chi connectivity index (χ1v) is 13.5. The summed E-state index contributed by atoms with van der Waals surface area (Å²) >= 11 is 0. The normalized spacial score (nSPS) is 13.8. The molecule has 0 fully saturated rings. The summed E-state index contributed by atoms with van der Waals surface area (Å²) in [5, 5.41) is 2.89. The van der Waals surface area contributed by atoms with E-state index in [4.69, 9.17) is 0 Å². The molecule has 4 rings (SSSR count). The molecule has 0 radical (unpaired) electrons. The van der Waals surface area contributed by atoms with E-state index < -0.39 is 16.1 Å². The van der Waals surface area contributed by atoms with Gasteiger partial charge in [0.2, 0.25) is 21.8 Å². The number of carbonyl (C=O) groups is 2. The van der Waals surface area contributed by atoms with Crippen LogP contribution in [0.3, 0.4) is 0 Å². The molecule has 7 nitrogen and oxygen atoms in total. The van der Waals surface area contributed by atoms with E-state index in [2.05, 4.69) is 16.1 Å². The van der Waals surface area contributed by atoms with Gasteiger partial charge in [-0.2, -0.15) is 4.72 Å². The van der Waals surface area contributed by atoms with Crippen LogP contribution in [0.5, 0.6) is 0 Å². The molecule has 1 aliphatic rings. The van der Waals surface area contributed by atoms with Gasteiger partial charge < -0.3 is 10.2 Å². The minimum absolute atomic E-state index is 0.0762. The van der Waals surface area contributed by atoms with E-state index in [1.807, 2.05) is 55.5 Å². The van der Waals surface area contributed by atoms with E-state index in [-0.39, 0.29) is 23.1 Å². The van der Waals surface area contributed by atoms with Crippen molar-refractivity contribution in [2.75, 3.05) is 18.0 Å². The van der Waals surface area contributed by atoms with Gasteiger partial charge in [0.05, 0.1) is 4.90 Å². The maximum absolute atomic E-state index is 13.3. The van der Waals surface area contributed by atoms with Gasteiger partial charge in [-0.05, 0) is 61.1 Å². The second-order valence-corrected chi connectivity index (χ2v) is 10.8. The van der Waals surface area contributed by atoms with Gasteiger partial charge in [0.25, 0.3) is 0 Å². The zero-order valence-corrected chi connectivity index (χ0v) is 21.3. The number of amides is 2. The fourth-order valence-corrected chi connectivity index (χ4v) is 5.73. The smallest absolute Gasteiger partial charge is 0.241 e. The van der Waals surface area contributed by atoms with Crippen molar-refractivity contribution in [3.05, 3.63) is 95.1 Å². The Morgan fingerprint density at radius 1 is 0.972 bits per heavy atom. The van der Waals surface area contributed by atoms with Crippen molar-refractivity contribution in [1.82, 2.24) is 10.0 Å². The van der Waals surface area contributed by atoms with Gasteiger partial charge in [0.15, 0.2) is 0 Å².